The molecule has 0 fully saturated rings. The SMILES string of the molecule is CCNC(=NCCc1c(OC)cc(OC)cc1OC)N(C)Cc1ccsc1. The summed E-state index contributed by atoms with van der Waals surface area (Å²) in [5.41, 5.74) is 2.27. The van der Waals surface area contributed by atoms with E-state index in [4.69, 9.17) is 19.2 Å². The van der Waals surface area contributed by atoms with Crippen molar-refractivity contribution in [2.75, 3.05) is 41.5 Å². The van der Waals surface area contributed by atoms with Gasteiger partial charge < -0.3 is 24.4 Å². The van der Waals surface area contributed by atoms with E-state index in [1.165, 1.54) is 5.56 Å². The Morgan fingerprint density at radius 1 is 1.15 bits per heavy atom. The summed E-state index contributed by atoms with van der Waals surface area (Å²) in [7, 11) is 6.98. The van der Waals surface area contributed by atoms with E-state index in [0.29, 0.717) is 18.7 Å². The number of methoxy groups -OCH3 is 3. The Morgan fingerprint density at radius 2 is 1.85 bits per heavy atom. The van der Waals surface area contributed by atoms with Crippen LogP contribution in [0.4, 0.5) is 0 Å². The highest BCUT2D eigenvalue weighted by Crippen LogP contribution is 2.34. The van der Waals surface area contributed by atoms with Crippen molar-refractivity contribution in [3.05, 3.63) is 40.1 Å². The van der Waals surface area contributed by atoms with E-state index in [0.717, 1.165) is 36.1 Å². The Kier molecular flexibility index (Phi) is 8.26. The van der Waals surface area contributed by atoms with Crippen molar-refractivity contribution in [2.24, 2.45) is 4.99 Å². The van der Waals surface area contributed by atoms with Crippen molar-refractivity contribution in [3.8, 4) is 17.2 Å². The van der Waals surface area contributed by atoms with Crippen LogP contribution in [-0.4, -0.2) is 52.3 Å². The van der Waals surface area contributed by atoms with Crippen LogP contribution in [-0.2, 0) is 13.0 Å². The first kappa shape index (κ1) is 20.9. The highest BCUT2D eigenvalue weighted by Gasteiger charge is 2.13. The fourth-order valence-electron chi connectivity index (χ4n) is 2.80. The summed E-state index contributed by atoms with van der Waals surface area (Å²) in [5.74, 6) is 3.09. The second-order valence-corrected chi connectivity index (χ2v) is 6.76. The van der Waals surface area contributed by atoms with E-state index in [-0.39, 0.29) is 0 Å². The van der Waals surface area contributed by atoms with Crippen molar-refractivity contribution in [2.45, 2.75) is 19.9 Å². The van der Waals surface area contributed by atoms with Gasteiger partial charge in [0.1, 0.15) is 17.2 Å². The first-order valence-electron chi connectivity index (χ1n) is 8.92. The number of rotatable bonds is 9. The molecule has 0 aliphatic rings. The molecular weight excluding hydrogens is 362 g/mol. The van der Waals surface area contributed by atoms with Crippen LogP contribution in [0.2, 0.25) is 0 Å². The molecule has 1 N–H and O–H groups in total. The van der Waals surface area contributed by atoms with Gasteiger partial charge in [0.25, 0.3) is 0 Å². The maximum Gasteiger partial charge on any atom is 0.193 e. The van der Waals surface area contributed by atoms with E-state index in [2.05, 4.69) is 34.0 Å². The van der Waals surface area contributed by atoms with E-state index in [1.807, 2.05) is 19.2 Å². The van der Waals surface area contributed by atoms with Crippen molar-refractivity contribution in [1.82, 2.24) is 10.2 Å². The molecule has 0 spiro atoms. The Balaban J connectivity index is 2.12. The average Bonchev–Trinajstić information content (AvgIpc) is 3.19. The summed E-state index contributed by atoms with van der Waals surface area (Å²) < 4.78 is 16.3. The molecule has 148 valence electrons. The Hall–Kier alpha value is -2.41. The Labute approximate surface area is 165 Å². The Bertz CT molecular complexity index is 707. The highest BCUT2D eigenvalue weighted by molar-refractivity contribution is 7.07. The standard InChI is InChI=1S/C20H29N3O3S/c1-6-21-20(23(2)13-15-8-10-27-14-15)22-9-7-17-18(25-4)11-16(24-3)12-19(17)26-5/h8,10-12,14H,6-7,9,13H2,1-5H3,(H,21,22). The maximum absolute atomic E-state index is 5.52. The van der Waals surface area contributed by atoms with Crippen molar-refractivity contribution in [3.63, 3.8) is 0 Å². The van der Waals surface area contributed by atoms with Crippen molar-refractivity contribution in [1.29, 1.82) is 0 Å². The van der Waals surface area contributed by atoms with Gasteiger partial charge in [-0.1, -0.05) is 0 Å². The zero-order chi connectivity index (χ0) is 19.6. The maximum atomic E-state index is 5.52. The normalized spacial score (nSPS) is 11.2. The second kappa shape index (κ2) is 10.7. The van der Waals surface area contributed by atoms with Gasteiger partial charge in [-0.3, -0.25) is 4.99 Å². The molecule has 0 amide bonds. The van der Waals surface area contributed by atoms with Crippen LogP contribution >= 0.6 is 11.3 Å². The molecule has 2 rings (SSSR count). The van der Waals surface area contributed by atoms with E-state index in [9.17, 15) is 0 Å². The molecule has 0 atom stereocenters. The molecule has 0 aliphatic carbocycles. The number of hydrogen-bond acceptors (Lipinski definition) is 5. The molecule has 27 heavy (non-hydrogen) atoms. The summed E-state index contributed by atoms with van der Waals surface area (Å²) in [4.78, 5) is 6.91. The van der Waals surface area contributed by atoms with Gasteiger partial charge in [-0.15, -0.1) is 0 Å². The molecule has 7 heteroatoms. The summed E-state index contributed by atoms with van der Waals surface area (Å²) in [6, 6.07) is 5.88. The van der Waals surface area contributed by atoms with Crippen molar-refractivity contribution >= 4 is 17.3 Å². The van der Waals surface area contributed by atoms with Crippen LogP contribution in [0.15, 0.2) is 34.0 Å². The van der Waals surface area contributed by atoms with Gasteiger partial charge in [-0.2, -0.15) is 11.3 Å². The first-order chi connectivity index (χ1) is 13.1. The highest BCUT2D eigenvalue weighted by atomic mass is 32.1. The molecule has 1 aromatic heterocycles. The molecule has 0 aliphatic heterocycles. The number of hydrogen-bond donors (Lipinski definition) is 1. The minimum Gasteiger partial charge on any atom is -0.496 e. The predicted octanol–water partition coefficient (Wildman–Crippen LogP) is 3.41. The summed E-state index contributed by atoms with van der Waals surface area (Å²) in [6.07, 6.45) is 0.706. The van der Waals surface area contributed by atoms with Gasteiger partial charge in [0.2, 0.25) is 0 Å². The van der Waals surface area contributed by atoms with E-state index < -0.39 is 0 Å². The number of ether oxygens (including phenoxy) is 3. The van der Waals surface area contributed by atoms with Gasteiger partial charge in [0.15, 0.2) is 5.96 Å². The van der Waals surface area contributed by atoms with Gasteiger partial charge in [-0.05, 0) is 35.7 Å². The summed E-state index contributed by atoms with van der Waals surface area (Å²) in [6.45, 7) is 4.34. The van der Waals surface area contributed by atoms with E-state index >= 15 is 0 Å². The van der Waals surface area contributed by atoms with E-state index in [1.54, 1.807) is 32.7 Å². The van der Waals surface area contributed by atoms with Crippen LogP contribution in [0.5, 0.6) is 17.2 Å². The molecule has 0 unspecified atom stereocenters. The largest absolute Gasteiger partial charge is 0.496 e. The number of thiophene rings is 1. The lowest BCUT2D eigenvalue weighted by Crippen LogP contribution is -2.38. The molecule has 2 aromatic rings. The number of nitrogens with one attached hydrogen (secondary N) is 1. The smallest absolute Gasteiger partial charge is 0.193 e. The lowest BCUT2D eigenvalue weighted by Gasteiger charge is -2.22. The van der Waals surface area contributed by atoms with Crippen LogP contribution in [0.3, 0.4) is 0 Å². The van der Waals surface area contributed by atoms with Gasteiger partial charge in [0.05, 0.1) is 21.3 Å². The molecule has 1 aromatic carbocycles. The minimum absolute atomic E-state index is 0.620. The third-order valence-electron chi connectivity index (χ3n) is 4.14. The third-order valence-corrected chi connectivity index (χ3v) is 4.87. The molecule has 0 saturated heterocycles. The molecule has 0 radical (unpaired) electrons. The second-order valence-electron chi connectivity index (χ2n) is 5.98. The van der Waals surface area contributed by atoms with Crippen molar-refractivity contribution < 1.29 is 14.2 Å². The van der Waals surface area contributed by atoms with Crippen LogP contribution in [0.25, 0.3) is 0 Å². The summed E-state index contributed by atoms with van der Waals surface area (Å²) in [5, 5.41) is 7.61. The molecular formula is C20H29N3O3S. The van der Waals surface area contributed by atoms with Crippen LogP contribution in [0.1, 0.15) is 18.1 Å². The zero-order valence-electron chi connectivity index (χ0n) is 16.7. The quantitative estimate of drug-likeness (QED) is 0.524. The summed E-state index contributed by atoms with van der Waals surface area (Å²) >= 11 is 1.71. The monoisotopic (exact) mass is 391 g/mol. The lowest BCUT2D eigenvalue weighted by molar-refractivity contribution is 0.369. The van der Waals surface area contributed by atoms with Gasteiger partial charge in [-0.25, -0.2) is 0 Å². The van der Waals surface area contributed by atoms with Gasteiger partial charge >= 0.3 is 0 Å². The van der Waals surface area contributed by atoms with Crippen LogP contribution in [0, 0.1) is 0 Å². The fourth-order valence-corrected chi connectivity index (χ4v) is 3.46. The van der Waals surface area contributed by atoms with Gasteiger partial charge in [0, 0.05) is 44.4 Å². The average molecular weight is 392 g/mol. The number of guanidine groups is 1. The number of benzene rings is 1. The lowest BCUT2D eigenvalue weighted by atomic mass is 10.1. The number of nitrogens with zero attached hydrogens (tertiary/aromatic N) is 2. The Morgan fingerprint density at radius 3 is 2.37 bits per heavy atom. The predicted molar refractivity (Wildman–Crippen MR) is 112 cm³/mol. The molecule has 0 bridgehead atoms. The minimum atomic E-state index is 0.620. The first-order valence-corrected chi connectivity index (χ1v) is 9.86. The fraction of sp³-hybridized carbons (Fsp3) is 0.450. The molecule has 0 saturated carbocycles. The zero-order valence-corrected chi connectivity index (χ0v) is 17.6. The topological polar surface area (TPSA) is 55.3 Å². The molecule has 6 nitrogen and oxygen atoms in total. The third kappa shape index (κ3) is 5.79. The number of aliphatic imine (C=N–C) groups is 1. The van der Waals surface area contributed by atoms with Crippen LogP contribution < -0.4 is 19.5 Å². The molecule has 1 heterocycles.